The number of aromatic hydroxyl groups is 2. The molecule has 16 heteroatoms. The lowest BCUT2D eigenvalue weighted by Crippen LogP contribution is -2.61. The maximum Gasteiger partial charge on any atom is 0.246 e. The largest absolute Gasteiger partial charge is 0.508 e. The van der Waals surface area contributed by atoms with E-state index >= 15 is 0 Å². The van der Waals surface area contributed by atoms with Crippen LogP contribution in [0.1, 0.15) is 37.5 Å². The summed E-state index contributed by atoms with van der Waals surface area (Å²) in [6, 6.07) is 10.3. The Hall–Kier alpha value is -6.32. The van der Waals surface area contributed by atoms with Gasteiger partial charge in [-0.2, -0.15) is 0 Å². The van der Waals surface area contributed by atoms with E-state index in [4.69, 9.17) is 9.47 Å². The molecule has 1 aliphatic heterocycles. The van der Waals surface area contributed by atoms with Crippen LogP contribution in [-0.4, -0.2) is 132 Å². The number of methoxy groups -OCH3 is 2. The van der Waals surface area contributed by atoms with E-state index < -0.39 is 71.7 Å². The number of carbonyl (C=O) groups excluding carboxylic acids is 6. The molecule has 0 aromatic heterocycles. The minimum Gasteiger partial charge on any atom is -0.508 e. The van der Waals surface area contributed by atoms with E-state index in [0.717, 1.165) is 0 Å². The molecule has 16 nitrogen and oxygen atoms in total. The second kappa shape index (κ2) is 19.0. The van der Waals surface area contributed by atoms with Crippen molar-refractivity contribution < 1.29 is 48.5 Å². The fourth-order valence-corrected chi connectivity index (χ4v) is 6.58. The normalized spacial score (nSPS) is 23.3. The summed E-state index contributed by atoms with van der Waals surface area (Å²) < 4.78 is 10.4. The zero-order valence-corrected chi connectivity index (χ0v) is 33.4. The third kappa shape index (κ3) is 10.7. The maximum absolute atomic E-state index is 14.6. The van der Waals surface area contributed by atoms with Gasteiger partial charge in [0.1, 0.15) is 47.8 Å². The molecule has 306 valence electrons. The van der Waals surface area contributed by atoms with Crippen LogP contribution in [0.3, 0.4) is 0 Å². The molecule has 1 heterocycles. The number of hydrogen-bond donors (Lipinski definition) is 5. The summed E-state index contributed by atoms with van der Waals surface area (Å²) in [5.41, 5.74) is 1.72. The van der Waals surface area contributed by atoms with E-state index in [9.17, 15) is 39.0 Å². The number of phenolic OH excluding ortho intramolecular Hbond substituents is 2. The molecule has 0 unspecified atom stereocenters. The van der Waals surface area contributed by atoms with Crippen LogP contribution in [0.25, 0.3) is 0 Å². The van der Waals surface area contributed by atoms with Crippen molar-refractivity contribution in [3.63, 3.8) is 0 Å². The first-order valence-corrected chi connectivity index (χ1v) is 18.4. The van der Waals surface area contributed by atoms with Gasteiger partial charge < -0.3 is 50.3 Å². The average molecular weight is 789 g/mol. The second-order valence-electron chi connectivity index (χ2n) is 14.2. The van der Waals surface area contributed by atoms with Crippen LogP contribution in [0.2, 0.25) is 0 Å². The van der Waals surface area contributed by atoms with Gasteiger partial charge in [-0.15, -0.1) is 0 Å². The smallest absolute Gasteiger partial charge is 0.246 e. The Morgan fingerprint density at radius 1 is 0.526 bits per heavy atom. The van der Waals surface area contributed by atoms with Crippen molar-refractivity contribution in [3.8, 4) is 23.0 Å². The molecule has 3 aromatic carbocycles. The van der Waals surface area contributed by atoms with Gasteiger partial charge in [-0.3, -0.25) is 28.8 Å². The summed E-state index contributed by atoms with van der Waals surface area (Å²) in [5.74, 6) is -3.39. The average Bonchev–Trinajstić information content (AvgIpc) is 3.19. The lowest BCUT2D eigenvalue weighted by Gasteiger charge is -2.36. The Balaban J connectivity index is 1.78. The zero-order chi connectivity index (χ0) is 42.1. The molecule has 0 bridgehead atoms. The lowest BCUT2D eigenvalue weighted by atomic mass is 9.99. The number of likely N-dealkylation sites (N-methyl/N-ethyl adjacent to an activating group) is 3. The summed E-state index contributed by atoms with van der Waals surface area (Å²) in [6.45, 7) is 4.34. The fraction of sp³-hybridized carbons (Fsp3) is 0.415. The van der Waals surface area contributed by atoms with E-state index in [0.29, 0.717) is 22.4 Å². The molecule has 0 saturated carbocycles. The highest BCUT2D eigenvalue weighted by molar-refractivity contribution is 5.98. The summed E-state index contributed by atoms with van der Waals surface area (Å²) in [5, 5.41) is 28.4. The van der Waals surface area contributed by atoms with E-state index in [2.05, 4.69) is 16.0 Å². The number of phenols is 2. The minimum atomic E-state index is -1.27. The van der Waals surface area contributed by atoms with Gasteiger partial charge in [0.05, 0.1) is 14.2 Å². The molecule has 1 saturated heterocycles. The summed E-state index contributed by atoms with van der Waals surface area (Å²) in [6.07, 6.45) is -0.120. The number of rotatable bonds is 8. The molecular formula is C41H52N6O10. The van der Waals surface area contributed by atoms with Crippen molar-refractivity contribution in [2.75, 3.05) is 35.4 Å². The molecule has 0 spiro atoms. The van der Waals surface area contributed by atoms with Gasteiger partial charge in [0.2, 0.25) is 35.4 Å². The zero-order valence-electron chi connectivity index (χ0n) is 33.4. The van der Waals surface area contributed by atoms with Gasteiger partial charge in [0.15, 0.2) is 11.5 Å². The SMILES string of the molecule is COc1ccc(C[C@H]2C(=O)N[C@@H](C)C(=O)N(C)[C@@H](Cc3ccc(O)cc3)C(=O)N(C)[C@@H](Cc3ccc(OC)c(O)c3)C(=O)N[C@H](C)C(=O)N[C@@H](C)C(=O)N2C)cc1. The summed E-state index contributed by atoms with van der Waals surface area (Å²) in [4.78, 5) is 87.8. The highest BCUT2D eigenvalue weighted by atomic mass is 16.5. The number of hydrogen-bond acceptors (Lipinski definition) is 10. The predicted octanol–water partition coefficient (Wildman–Crippen LogP) is 1.15. The first-order valence-electron chi connectivity index (χ1n) is 18.4. The summed E-state index contributed by atoms with van der Waals surface area (Å²) in [7, 11) is 7.14. The highest BCUT2D eigenvalue weighted by Crippen LogP contribution is 2.28. The van der Waals surface area contributed by atoms with Crippen LogP contribution in [0.15, 0.2) is 66.7 Å². The predicted molar refractivity (Wildman–Crippen MR) is 209 cm³/mol. The third-order valence-electron chi connectivity index (χ3n) is 10.2. The number of carbonyl (C=O) groups is 6. The molecule has 57 heavy (non-hydrogen) atoms. The number of amides is 6. The highest BCUT2D eigenvalue weighted by Gasteiger charge is 2.39. The van der Waals surface area contributed by atoms with Crippen LogP contribution >= 0.6 is 0 Å². The van der Waals surface area contributed by atoms with Crippen molar-refractivity contribution in [3.05, 3.63) is 83.4 Å². The molecule has 0 aliphatic carbocycles. The van der Waals surface area contributed by atoms with Crippen LogP contribution in [0.5, 0.6) is 23.0 Å². The fourth-order valence-electron chi connectivity index (χ4n) is 6.58. The molecule has 1 aliphatic rings. The first kappa shape index (κ1) is 43.4. The minimum absolute atomic E-state index is 0.00709. The van der Waals surface area contributed by atoms with Crippen molar-refractivity contribution in [1.29, 1.82) is 0 Å². The van der Waals surface area contributed by atoms with E-state index in [1.54, 1.807) is 42.5 Å². The third-order valence-corrected chi connectivity index (χ3v) is 10.2. The van der Waals surface area contributed by atoms with Gasteiger partial charge in [-0.25, -0.2) is 0 Å². The Labute approximate surface area is 332 Å². The van der Waals surface area contributed by atoms with Crippen molar-refractivity contribution in [2.45, 2.75) is 76.3 Å². The topological polar surface area (TPSA) is 207 Å². The Kier molecular flexibility index (Phi) is 14.5. The van der Waals surface area contributed by atoms with Crippen molar-refractivity contribution in [1.82, 2.24) is 30.7 Å². The van der Waals surface area contributed by atoms with Crippen molar-refractivity contribution in [2.24, 2.45) is 0 Å². The maximum atomic E-state index is 14.6. The van der Waals surface area contributed by atoms with E-state index in [1.165, 1.54) is 95.1 Å². The Morgan fingerprint density at radius 2 is 0.947 bits per heavy atom. The van der Waals surface area contributed by atoms with E-state index in [1.807, 2.05) is 0 Å². The van der Waals surface area contributed by atoms with Gasteiger partial charge >= 0.3 is 0 Å². The number of benzene rings is 3. The van der Waals surface area contributed by atoms with E-state index in [-0.39, 0.29) is 36.5 Å². The molecular weight excluding hydrogens is 736 g/mol. The Bertz CT molecular complexity index is 1940. The quantitative estimate of drug-likeness (QED) is 0.220. The van der Waals surface area contributed by atoms with Gasteiger partial charge in [0.25, 0.3) is 0 Å². The van der Waals surface area contributed by atoms with Crippen LogP contribution in [-0.2, 0) is 48.0 Å². The van der Waals surface area contributed by atoms with Gasteiger partial charge in [-0.1, -0.05) is 30.3 Å². The first-order chi connectivity index (χ1) is 26.9. The molecule has 0 radical (unpaired) electrons. The monoisotopic (exact) mass is 788 g/mol. The molecule has 1 fully saturated rings. The van der Waals surface area contributed by atoms with Crippen molar-refractivity contribution >= 4 is 35.4 Å². The molecule has 6 amide bonds. The number of nitrogens with one attached hydrogen (secondary N) is 3. The second-order valence-corrected chi connectivity index (χ2v) is 14.2. The molecule has 6 atom stereocenters. The molecule has 5 N–H and O–H groups in total. The van der Waals surface area contributed by atoms with Crippen LogP contribution in [0.4, 0.5) is 0 Å². The number of nitrogens with zero attached hydrogens (tertiary/aromatic N) is 3. The lowest BCUT2D eigenvalue weighted by molar-refractivity contribution is -0.149. The Morgan fingerprint density at radius 3 is 1.46 bits per heavy atom. The molecule has 4 rings (SSSR count). The van der Waals surface area contributed by atoms with Gasteiger partial charge in [-0.05, 0) is 73.9 Å². The summed E-state index contributed by atoms with van der Waals surface area (Å²) >= 11 is 0. The number of ether oxygens (including phenoxy) is 2. The van der Waals surface area contributed by atoms with Crippen LogP contribution in [0, 0.1) is 0 Å². The molecule has 3 aromatic rings. The van der Waals surface area contributed by atoms with Gasteiger partial charge in [0, 0.05) is 40.4 Å². The standard InChI is InChI=1S/C41H52N6O10/c1-23-36(50)43-24(2)39(53)45(4)31(19-27-11-16-30(56-7)17-12-27)38(52)44-25(3)40(54)47(6)33(20-26-9-14-29(48)15-10-26)41(55)46(5)32(37(51)42-23)21-28-13-18-35(57-8)34(49)22-28/h9-18,22-25,31-33,48-49H,19-21H2,1-8H3,(H,42,51)(H,43,50)(H,44,52)/t23-,24+,25+,31+,32+,33+/m1/s1. The van der Waals surface area contributed by atoms with Crippen LogP contribution < -0.4 is 25.4 Å².